The molecule has 0 heterocycles. The van der Waals surface area contributed by atoms with Crippen LogP contribution in [0.3, 0.4) is 0 Å². The van der Waals surface area contributed by atoms with E-state index in [1.165, 1.54) is 11.1 Å². The maximum atomic E-state index is 11.4. The van der Waals surface area contributed by atoms with Gasteiger partial charge in [0, 0.05) is 20.1 Å². The van der Waals surface area contributed by atoms with Gasteiger partial charge >= 0.3 is 0 Å². The Morgan fingerprint density at radius 2 is 2.26 bits per heavy atom. The average Bonchev–Trinajstić information content (AvgIpc) is 2.80. The summed E-state index contributed by atoms with van der Waals surface area (Å²) in [7, 11) is 5.52. The van der Waals surface area contributed by atoms with Crippen LogP contribution in [0.25, 0.3) is 0 Å². The monoisotopic (exact) mass is 262 g/mol. The second-order valence-electron chi connectivity index (χ2n) is 5.13. The number of amides is 1. The number of hydrogen-bond acceptors (Lipinski definition) is 3. The fraction of sp³-hybridized carbons (Fsp3) is 0.533. The lowest BCUT2D eigenvalue weighted by Gasteiger charge is -2.13. The molecule has 1 aromatic carbocycles. The Bertz CT molecular complexity index is 457. The lowest BCUT2D eigenvalue weighted by atomic mass is 10.1. The predicted molar refractivity (Wildman–Crippen MR) is 75.4 cm³/mol. The molecule has 4 heteroatoms. The van der Waals surface area contributed by atoms with E-state index in [1.807, 2.05) is 13.1 Å². The molecule has 0 spiro atoms. The lowest BCUT2D eigenvalue weighted by Crippen LogP contribution is -2.23. The van der Waals surface area contributed by atoms with Gasteiger partial charge in [0.25, 0.3) is 0 Å². The van der Waals surface area contributed by atoms with Crippen molar-refractivity contribution in [1.82, 2.24) is 10.2 Å². The van der Waals surface area contributed by atoms with Crippen molar-refractivity contribution in [2.75, 3.05) is 27.7 Å². The largest absolute Gasteiger partial charge is 0.493 e. The van der Waals surface area contributed by atoms with Gasteiger partial charge in [-0.2, -0.15) is 0 Å². The normalized spacial score (nSPS) is 17.1. The summed E-state index contributed by atoms with van der Waals surface area (Å²) < 4.78 is 5.65. The molecule has 0 saturated heterocycles. The molecular formula is C15H22N2O2. The van der Waals surface area contributed by atoms with Crippen LogP contribution in [0.2, 0.25) is 0 Å². The summed E-state index contributed by atoms with van der Waals surface area (Å²) in [6, 6.07) is 6.70. The third kappa shape index (κ3) is 3.26. The second-order valence-corrected chi connectivity index (χ2v) is 5.13. The minimum absolute atomic E-state index is 0.0939. The molecule has 0 bridgehead atoms. The van der Waals surface area contributed by atoms with Gasteiger partial charge in [0.2, 0.25) is 5.91 Å². The van der Waals surface area contributed by atoms with Crippen molar-refractivity contribution in [3.8, 4) is 5.75 Å². The van der Waals surface area contributed by atoms with E-state index in [9.17, 15) is 4.79 Å². The average molecular weight is 262 g/mol. The van der Waals surface area contributed by atoms with E-state index in [2.05, 4.69) is 17.4 Å². The second kappa shape index (κ2) is 6.06. The minimum Gasteiger partial charge on any atom is -0.493 e. The van der Waals surface area contributed by atoms with Crippen LogP contribution >= 0.6 is 0 Å². The van der Waals surface area contributed by atoms with Crippen molar-refractivity contribution in [1.29, 1.82) is 0 Å². The Balaban J connectivity index is 1.91. The zero-order valence-corrected chi connectivity index (χ0v) is 11.9. The molecule has 4 nitrogen and oxygen atoms in total. The molecule has 1 N–H and O–H groups in total. The Kier molecular flexibility index (Phi) is 4.43. The van der Waals surface area contributed by atoms with Gasteiger partial charge in [-0.25, -0.2) is 0 Å². The molecule has 0 aliphatic heterocycles. The molecule has 0 radical (unpaired) electrons. The van der Waals surface area contributed by atoms with Crippen molar-refractivity contribution in [2.24, 2.45) is 0 Å². The van der Waals surface area contributed by atoms with Crippen LogP contribution in [0.5, 0.6) is 5.75 Å². The van der Waals surface area contributed by atoms with E-state index >= 15 is 0 Å². The molecule has 1 aromatic rings. The summed E-state index contributed by atoms with van der Waals surface area (Å²) in [6.07, 6.45) is 2.66. The molecule has 1 aliphatic rings. The first-order valence-electron chi connectivity index (χ1n) is 6.75. The van der Waals surface area contributed by atoms with Gasteiger partial charge in [0.05, 0.1) is 13.0 Å². The molecule has 1 aliphatic carbocycles. The van der Waals surface area contributed by atoms with Gasteiger partial charge in [-0.3, -0.25) is 4.79 Å². The van der Waals surface area contributed by atoms with Crippen LogP contribution < -0.4 is 10.1 Å². The van der Waals surface area contributed by atoms with Gasteiger partial charge in [-0.05, 0) is 43.1 Å². The Labute approximate surface area is 114 Å². The summed E-state index contributed by atoms with van der Waals surface area (Å²) in [6.45, 7) is 0.436. The van der Waals surface area contributed by atoms with E-state index in [0.717, 1.165) is 18.6 Å². The van der Waals surface area contributed by atoms with E-state index < -0.39 is 0 Å². The molecule has 0 fully saturated rings. The number of aryl methyl sites for hydroxylation is 1. The summed E-state index contributed by atoms with van der Waals surface area (Å²) >= 11 is 0. The summed E-state index contributed by atoms with van der Waals surface area (Å²) in [4.78, 5) is 13.0. The molecule has 0 aromatic heterocycles. The van der Waals surface area contributed by atoms with Crippen molar-refractivity contribution in [3.63, 3.8) is 0 Å². The van der Waals surface area contributed by atoms with Crippen LogP contribution in [0.4, 0.5) is 0 Å². The fourth-order valence-corrected chi connectivity index (χ4v) is 2.46. The fourth-order valence-electron chi connectivity index (χ4n) is 2.46. The quantitative estimate of drug-likeness (QED) is 0.879. The summed E-state index contributed by atoms with van der Waals surface area (Å²) in [5.41, 5.74) is 2.73. The smallest absolute Gasteiger partial charge is 0.225 e. The van der Waals surface area contributed by atoms with E-state index in [-0.39, 0.29) is 5.91 Å². The number of benzene rings is 1. The van der Waals surface area contributed by atoms with Crippen LogP contribution in [-0.2, 0) is 11.2 Å². The molecule has 2 rings (SSSR count). The first-order chi connectivity index (χ1) is 9.11. The maximum Gasteiger partial charge on any atom is 0.225 e. The van der Waals surface area contributed by atoms with Crippen LogP contribution in [0, 0.1) is 0 Å². The van der Waals surface area contributed by atoms with Gasteiger partial charge in [-0.1, -0.05) is 6.07 Å². The van der Waals surface area contributed by atoms with Gasteiger partial charge in [0.15, 0.2) is 0 Å². The Morgan fingerprint density at radius 1 is 1.47 bits per heavy atom. The zero-order chi connectivity index (χ0) is 13.8. The van der Waals surface area contributed by atoms with E-state index in [1.54, 1.807) is 19.0 Å². The van der Waals surface area contributed by atoms with E-state index in [0.29, 0.717) is 19.1 Å². The van der Waals surface area contributed by atoms with Gasteiger partial charge in [0.1, 0.15) is 5.75 Å². The standard InChI is InChI=1S/C15H22N2O2/c1-16-14-7-4-11-10-12(5-6-13(11)14)19-9-8-15(18)17(2)3/h5-6,10,14,16H,4,7-9H2,1-3H3. The Morgan fingerprint density at radius 3 is 2.95 bits per heavy atom. The van der Waals surface area contributed by atoms with Gasteiger partial charge < -0.3 is 15.0 Å². The van der Waals surface area contributed by atoms with E-state index in [4.69, 9.17) is 4.74 Å². The van der Waals surface area contributed by atoms with Gasteiger partial charge in [-0.15, -0.1) is 0 Å². The van der Waals surface area contributed by atoms with Crippen LogP contribution in [0.1, 0.15) is 30.0 Å². The highest BCUT2D eigenvalue weighted by Crippen LogP contribution is 2.33. The lowest BCUT2D eigenvalue weighted by molar-refractivity contribution is -0.129. The number of rotatable bonds is 5. The summed E-state index contributed by atoms with van der Waals surface area (Å²) in [5.74, 6) is 0.957. The molecular weight excluding hydrogens is 240 g/mol. The van der Waals surface area contributed by atoms with Crippen molar-refractivity contribution in [2.45, 2.75) is 25.3 Å². The SMILES string of the molecule is CNC1CCc2cc(OCCC(=O)N(C)C)ccc21. The van der Waals surface area contributed by atoms with Crippen LogP contribution in [-0.4, -0.2) is 38.6 Å². The molecule has 0 saturated carbocycles. The third-order valence-electron chi connectivity index (χ3n) is 3.62. The number of fused-ring (bicyclic) bond motifs is 1. The number of carbonyl (C=O) groups excluding carboxylic acids is 1. The highest BCUT2D eigenvalue weighted by molar-refractivity contribution is 5.75. The minimum atomic E-state index is 0.0939. The van der Waals surface area contributed by atoms with Crippen molar-refractivity contribution in [3.05, 3.63) is 29.3 Å². The highest BCUT2D eigenvalue weighted by atomic mass is 16.5. The number of ether oxygens (including phenoxy) is 1. The first kappa shape index (κ1) is 13.9. The summed E-state index contributed by atoms with van der Waals surface area (Å²) in [5, 5.41) is 3.32. The Hall–Kier alpha value is -1.55. The van der Waals surface area contributed by atoms with Crippen LogP contribution in [0.15, 0.2) is 18.2 Å². The molecule has 1 unspecified atom stereocenters. The molecule has 1 atom stereocenters. The number of hydrogen-bond donors (Lipinski definition) is 1. The number of carbonyl (C=O) groups is 1. The third-order valence-corrected chi connectivity index (χ3v) is 3.62. The molecule has 19 heavy (non-hydrogen) atoms. The zero-order valence-electron chi connectivity index (χ0n) is 11.9. The topological polar surface area (TPSA) is 41.6 Å². The molecule has 1 amide bonds. The predicted octanol–water partition coefficient (Wildman–Crippen LogP) is 1.75. The number of nitrogens with zero attached hydrogens (tertiary/aromatic N) is 1. The molecule has 104 valence electrons. The highest BCUT2D eigenvalue weighted by Gasteiger charge is 2.21. The first-order valence-corrected chi connectivity index (χ1v) is 6.75. The van der Waals surface area contributed by atoms with Crippen molar-refractivity contribution < 1.29 is 9.53 Å². The maximum absolute atomic E-state index is 11.4. The number of nitrogens with one attached hydrogen (secondary N) is 1. The van der Waals surface area contributed by atoms with Crippen molar-refractivity contribution >= 4 is 5.91 Å².